The van der Waals surface area contributed by atoms with E-state index < -0.39 is 17.1 Å². The van der Waals surface area contributed by atoms with Gasteiger partial charge in [-0.2, -0.15) is 0 Å². The Morgan fingerprint density at radius 1 is 0.909 bits per heavy atom. The summed E-state index contributed by atoms with van der Waals surface area (Å²) in [6.45, 7) is 7.97. The van der Waals surface area contributed by atoms with E-state index in [0.29, 0.717) is 35.1 Å². The number of allylic oxidation sites excluding steroid dienone is 4. The molecule has 0 bridgehead atoms. The van der Waals surface area contributed by atoms with Gasteiger partial charge in [0.2, 0.25) is 11.2 Å². The fraction of sp³-hybridized carbons (Fsp3) is 0.296. The minimum absolute atomic E-state index is 0.0338. The molecule has 0 amide bonds. The van der Waals surface area contributed by atoms with E-state index >= 15 is 0 Å². The minimum atomic E-state index is -1.04. The van der Waals surface area contributed by atoms with Crippen LogP contribution in [0, 0.1) is 11.6 Å². The second kappa shape index (κ2) is 10.0. The SMILES string of the molecule is COc1c(CC=C(C)C)cc2c(=O)c(OC)c(-c3ccc(F)c(F)c3)oc2c1CC=C(C)C. The first kappa shape index (κ1) is 24.2. The van der Waals surface area contributed by atoms with Gasteiger partial charge in [0.25, 0.3) is 0 Å². The summed E-state index contributed by atoms with van der Waals surface area (Å²) in [7, 11) is 2.93. The maximum atomic E-state index is 14.0. The molecule has 0 unspecified atom stereocenters. The van der Waals surface area contributed by atoms with Crippen molar-refractivity contribution in [2.75, 3.05) is 14.2 Å². The van der Waals surface area contributed by atoms with Crippen molar-refractivity contribution in [2.45, 2.75) is 40.5 Å². The van der Waals surface area contributed by atoms with Crippen LogP contribution in [0.5, 0.6) is 11.5 Å². The Morgan fingerprint density at radius 2 is 1.55 bits per heavy atom. The van der Waals surface area contributed by atoms with Gasteiger partial charge in [0.05, 0.1) is 19.6 Å². The quantitative estimate of drug-likeness (QED) is 0.370. The van der Waals surface area contributed by atoms with Crippen LogP contribution in [0.25, 0.3) is 22.3 Å². The van der Waals surface area contributed by atoms with E-state index in [4.69, 9.17) is 13.9 Å². The molecule has 33 heavy (non-hydrogen) atoms. The summed E-state index contributed by atoms with van der Waals surface area (Å²) in [6, 6.07) is 5.07. The predicted octanol–water partition coefficient (Wildman–Crippen LogP) is 6.77. The zero-order chi connectivity index (χ0) is 24.3. The second-order valence-electron chi connectivity index (χ2n) is 8.32. The van der Waals surface area contributed by atoms with Crippen LogP contribution in [0.3, 0.4) is 0 Å². The minimum Gasteiger partial charge on any atom is -0.496 e. The molecule has 2 aromatic carbocycles. The van der Waals surface area contributed by atoms with Crippen molar-refractivity contribution in [1.82, 2.24) is 0 Å². The van der Waals surface area contributed by atoms with E-state index in [9.17, 15) is 13.6 Å². The van der Waals surface area contributed by atoms with Gasteiger partial charge in [-0.15, -0.1) is 0 Å². The summed E-state index contributed by atoms with van der Waals surface area (Å²) < 4.78 is 44.8. The van der Waals surface area contributed by atoms with Crippen LogP contribution in [0.15, 0.2) is 56.8 Å². The van der Waals surface area contributed by atoms with Gasteiger partial charge in [0.1, 0.15) is 11.3 Å². The number of fused-ring (bicyclic) bond motifs is 1. The Bertz CT molecular complexity index is 1310. The van der Waals surface area contributed by atoms with E-state index in [1.54, 1.807) is 13.2 Å². The van der Waals surface area contributed by atoms with Crippen molar-refractivity contribution in [1.29, 1.82) is 0 Å². The highest BCUT2D eigenvalue weighted by Gasteiger charge is 2.23. The molecule has 0 fully saturated rings. The molecule has 174 valence electrons. The first-order valence-corrected chi connectivity index (χ1v) is 10.6. The molecule has 3 rings (SSSR count). The Morgan fingerprint density at radius 3 is 2.12 bits per heavy atom. The summed E-state index contributed by atoms with van der Waals surface area (Å²) in [4.78, 5) is 13.5. The van der Waals surface area contributed by atoms with Crippen molar-refractivity contribution in [2.24, 2.45) is 0 Å². The molecule has 0 atom stereocenters. The molecule has 4 nitrogen and oxygen atoms in total. The number of hydrogen-bond acceptors (Lipinski definition) is 4. The topological polar surface area (TPSA) is 48.7 Å². The van der Waals surface area contributed by atoms with Gasteiger partial charge in [-0.3, -0.25) is 4.79 Å². The predicted molar refractivity (Wildman–Crippen MR) is 127 cm³/mol. The molecule has 0 N–H and O–H groups in total. The van der Waals surface area contributed by atoms with Crippen molar-refractivity contribution >= 4 is 11.0 Å². The van der Waals surface area contributed by atoms with Gasteiger partial charge in [-0.05, 0) is 70.4 Å². The highest BCUT2D eigenvalue weighted by Crippen LogP contribution is 2.38. The average Bonchev–Trinajstić information content (AvgIpc) is 2.77. The molecule has 0 saturated carbocycles. The van der Waals surface area contributed by atoms with Crippen LogP contribution in [0.1, 0.15) is 38.8 Å². The molecule has 0 radical (unpaired) electrons. The lowest BCUT2D eigenvalue weighted by molar-refractivity contribution is 0.395. The molecule has 0 aliphatic rings. The van der Waals surface area contributed by atoms with E-state index in [2.05, 4.69) is 6.08 Å². The molecule has 0 saturated heterocycles. The molecule has 0 spiro atoms. The largest absolute Gasteiger partial charge is 0.496 e. The Labute approximate surface area is 192 Å². The lowest BCUT2D eigenvalue weighted by atomic mass is 9.97. The van der Waals surface area contributed by atoms with Crippen LogP contribution in [0.4, 0.5) is 8.78 Å². The molecule has 6 heteroatoms. The number of methoxy groups -OCH3 is 2. The fourth-order valence-electron chi connectivity index (χ4n) is 3.65. The van der Waals surface area contributed by atoms with Gasteiger partial charge < -0.3 is 13.9 Å². The highest BCUT2D eigenvalue weighted by molar-refractivity contribution is 5.87. The normalized spacial score (nSPS) is 10.8. The summed E-state index contributed by atoms with van der Waals surface area (Å²) in [6.07, 6.45) is 5.12. The van der Waals surface area contributed by atoms with Crippen molar-refractivity contribution < 1.29 is 22.7 Å². The summed E-state index contributed by atoms with van der Waals surface area (Å²) in [5.41, 5.74) is 3.92. The Balaban J connectivity index is 2.43. The van der Waals surface area contributed by atoms with Gasteiger partial charge in [0, 0.05) is 11.1 Å². The van der Waals surface area contributed by atoms with Crippen LogP contribution >= 0.6 is 0 Å². The number of rotatable bonds is 7. The number of hydrogen-bond donors (Lipinski definition) is 0. The van der Waals surface area contributed by atoms with E-state index in [1.807, 2.05) is 33.8 Å². The van der Waals surface area contributed by atoms with Crippen LogP contribution in [0.2, 0.25) is 0 Å². The molecule has 0 aliphatic carbocycles. The lowest BCUT2D eigenvalue weighted by Crippen LogP contribution is -2.10. The first-order chi connectivity index (χ1) is 15.7. The fourth-order valence-corrected chi connectivity index (χ4v) is 3.65. The monoisotopic (exact) mass is 454 g/mol. The molecule has 1 heterocycles. The van der Waals surface area contributed by atoms with Crippen molar-refractivity contribution in [3.8, 4) is 22.8 Å². The number of halogens is 2. The van der Waals surface area contributed by atoms with Gasteiger partial charge in [-0.25, -0.2) is 8.78 Å². The van der Waals surface area contributed by atoms with Crippen molar-refractivity contribution in [3.63, 3.8) is 0 Å². The van der Waals surface area contributed by atoms with E-state index in [1.165, 1.54) is 13.2 Å². The van der Waals surface area contributed by atoms with Crippen LogP contribution in [-0.4, -0.2) is 14.2 Å². The van der Waals surface area contributed by atoms with E-state index in [0.717, 1.165) is 28.8 Å². The zero-order valence-corrected chi connectivity index (χ0v) is 19.8. The summed E-state index contributed by atoms with van der Waals surface area (Å²) in [5.74, 6) is -1.44. The van der Waals surface area contributed by atoms with Gasteiger partial charge in [0.15, 0.2) is 17.4 Å². The average molecular weight is 455 g/mol. The third-order valence-electron chi connectivity index (χ3n) is 5.30. The maximum Gasteiger partial charge on any atom is 0.235 e. The van der Waals surface area contributed by atoms with E-state index in [-0.39, 0.29) is 17.1 Å². The number of benzene rings is 2. The smallest absolute Gasteiger partial charge is 0.235 e. The third-order valence-corrected chi connectivity index (χ3v) is 5.30. The van der Waals surface area contributed by atoms with Gasteiger partial charge in [-0.1, -0.05) is 23.3 Å². The molecular weight excluding hydrogens is 426 g/mol. The van der Waals surface area contributed by atoms with Crippen LogP contribution in [-0.2, 0) is 12.8 Å². The zero-order valence-electron chi connectivity index (χ0n) is 19.8. The van der Waals surface area contributed by atoms with Crippen LogP contribution < -0.4 is 14.9 Å². The molecular formula is C27H28F2O4. The maximum absolute atomic E-state index is 14.0. The summed E-state index contributed by atoms with van der Waals surface area (Å²) in [5, 5.41) is 0.341. The molecule has 3 aromatic rings. The Kier molecular flexibility index (Phi) is 7.36. The number of ether oxygens (including phenoxy) is 2. The second-order valence-corrected chi connectivity index (χ2v) is 8.32. The molecule has 1 aromatic heterocycles. The molecule has 0 aliphatic heterocycles. The standard InChI is InChI=1S/C27H28F2O4/c1-15(2)7-9-17-13-20-23(30)27(32-6)25(18-10-12-21(28)22(29)14-18)33-26(20)19(24(17)31-5)11-8-16(3)4/h7-8,10,12-14H,9,11H2,1-6H3. The highest BCUT2D eigenvalue weighted by atomic mass is 19.2. The third kappa shape index (κ3) is 5.00. The summed E-state index contributed by atoms with van der Waals surface area (Å²) >= 11 is 0. The van der Waals surface area contributed by atoms with Crippen molar-refractivity contribution in [3.05, 3.63) is 80.5 Å². The Hall–Kier alpha value is -3.41. The van der Waals surface area contributed by atoms with Gasteiger partial charge >= 0.3 is 0 Å². The first-order valence-electron chi connectivity index (χ1n) is 10.6. The lowest BCUT2D eigenvalue weighted by Gasteiger charge is -2.17.